The maximum absolute atomic E-state index is 12.2. The maximum atomic E-state index is 12.2. The number of piperidine rings is 1. The number of carbonyl (C=O) groups is 1. The van der Waals surface area contributed by atoms with E-state index in [1.165, 1.54) is 32.1 Å². The quantitative estimate of drug-likeness (QED) is 0.791. The van der Waals surface area contributed by atoms with Gasteiger partial charge in [0.25, 0.3) is 0 Å². The van der Waals surface area contributed by atoms with Gasteiger partial charge < -0.3 is 10.2 Å². The number of hydrogen-bond acceptors (Lipinski definition) is 3. The Morgan fingerprint density at radius 2 is 2.00 bits per heavy atom. The van der Waals surface area contributed by atoms with Crippen molar-refractivity contribution in [2.75, 3.05) is 26.7 Å². The molecule has 0 spiro atoms. The van der Waals surface area contributed by atoms with Gasteiger partial charge in [0.2, 0.25) is 5.91 Å². The molecule has 1 amide bonds. The minimum atomic E-state index is 0.284. The van der Waals surface area contributed by atoms with Crippen molar-refractivity contribution in [3.05, 3.63) is 0 Å². The summed E-state index contributed by atoms with van der Waals surface area (Å²) in [6, 6.07) is 1.52. The van der Waals surface area contributed by atoms with Gasteiger partial charge >= 0.3 is 0 Å². The Balaban J connectivity index is 1.82. The average Bonchev–Trinajstić information content (AvgIpc) is 3.22. The highest BCUT2D eigenvalue weighted by atomic mass is 16.2. The van der Waals surface area contributed by atoms with Crippen LogP contribution in [0.15, 0.2) is 0 Å². The van der Waals surface area contributed by atoms with E-state index in [-0.39, 0.29) is 5.91 Å². The summed E-state index contributed by atoms with van der Waals surface area (Å²) in [4.78, 5) is 16.5. The summed E-state index contributed by atoms with van der Waals surface area (Å²) in [5.74, 6) is 0.284. The first-order valence-corrected chi connectivity index (χ1v) is 7.81. The van der Waals surface area contributed by atoms with E-state index >= 15 is 0 Å². The van der Waals surface area contributed by atoms with Gasteiger partial charge in [-0.25, -0.2) is 0 Å². The lowest BCUT2D eigenvalue weighted by molar-refractivity contribution is -0.132. The zero-order valence-electron chi connectivity index (χ0n) is 12.7. The van der Waals surface area contributed by atoms with Gasteiger partial charge in [-0.3, -0.25) is 9.69 Å². The molecular formula is C15H29N3O. The van der Waals surface area contributed by atoms with E-state index < -0.39 is 0 Å². The summed E-state index contributed by atoms with van der Waals surface area (Å²) in [5, 5.41) is 3.58. The molecule has 0 aromatic rings. The largest absolute Gasteiger partial charge is 0.342 e. The Hall–Kier alpha value is -0.610. The summed E-state index contributed by atoms with van der Waals surface area (Å²) in [6.45, 7) is 7.08. The molecule has 1 atom stereocenters. The van der Waals surface area contributed by atoms with E-state index in [1.54, 1.807) is 0 Å². The minimum absolute atomic E-state index is 0.284. The number of carbonyl (C=O) groups excluding carboxylic acids is 1. The number of hydrogen-bond donors (Lipinski definition) is 1. The third-order valence-electron chi connectivity index (χ3n) is 4.42. The normalized spacial score (nSPS) is 23.9. The van der Waals surface area contributed by atoms with Crippen LogP contribution in [0, 0.1) is 0 Å². The molecular weight excluding hydrogens is 238 g/mol. The van der Waals surface area contributed by atoms with Gasteiger partial charge in [0.15, 0.2) is 0 Å². The summed E-state index contributed by atoms with van der Waals surface area (Å²) < 4.78 is 0. The van der Waals surface area contributed by atoms with Crippen molar-refractivity contribution >= 4 is 5.91 Å². The Morgan fingerprint density at radius 1 is 1.26 bits per heavy atom. The monoisotopic (exact) mass is 267 g/mol. The van der Waals surface area contributed by atoms with Gasteiger partial charge in [-0.05, 0) is 46.1 Å². The smallest absolute Gasteiger partial charge is 0.236 e. The second-order valence-corrected chi connectivity index (χ2v) is 6.41. The molecule has 1 heterocycles. The highest BCUT2D eigenvalue weighted by molar-refractivity contribution is 5.78. The summed E-state index contributed by atoms with van der Waals surface area (Å²) in [5.41, 5.74) is 0. The van der Waals surface area contributed by atoms with Crippen LogP contribution < -0.4 is 5.32 Å². The molecule has 4 nitrogen and oxygen atoms in total. The third kappa shape index (κ3) is 4.46. The number of nitrogens with one attached hydrogen (secondary N) is 1. The number of likely N-dealkylation sites (N-methyl/N-ethyl adjacent to an activating group) is 1. The molecule has 2 rings (SSSR count). The van der Waals surface area contributed by atoms with Crippen molar-refractivity contribution in [3.8, 4) is 0 Å². The second kappa shape index (κ2) is 6.71. The standard InChI is InChI=1S/C15H29N3O/c1-12(2)18(10-13-6-4-5-9-16-13)11-15(19)17(3)14-7-8-14/h12-14,16H,4-11H2,1-3H3. The van der Waals surface area contributed by atoms with Crippen molar-refractivity contribution in [1.29, 1.82) is 0 Å². The van der Waals surface area contributed by atoms with Gasteiger partial charge in [0.05, 0.1) is 6.54 Å². The van der Waals surface area contributed by atoms with Crippen LogP contribution in [-0.2, 0) is 4.79 Å². The van der Waals surface area contributed by atoms with Gasteiger partial charge in [0, 0.05) is 31.7 Å². The molecule has 1 N–H and O–H groups in total. The fourth-order valence-electron chi connectivity index (χ4n) is 2.77. The van der Waals surface area contributed by atoms with E-state index in [0.29, 0.717) is 24.7 Å². The van der Waals surface area contributed by atoms with Crippen molar-refractivity contribution in [1.82, 2.24) is 15.1 Å². The van der Waals surface area contributed by atoms with Crippen LogP contribution in [0.3, 0.4) is 0 Å². The van der Waals surface area contributed by atoms with Gasteiger partial charge in [-0.15, -0.1) is 0 Å². The highest BCUT2D eigenvalue weighted by Gasteiger charge is 2.31. The predicted octanol–water partition coefficient (Wildman–Crippen LogP) is 1.46. The Labute approximate surface area is 117 Å². The molecule has 4 heteroatoms. The summed E-state index contributed by atoms with van der Waals surface area (Å²) in [7, 11) is 1.96. The van der Waals surface area contributed by atoms with Crippen LogP contribution in [0.1, 0.15) is 46.0 Å². The minimum Gasteiger partial charge on any atom is -0.342 e. The lowest BCUT2D eigenvalue weighted by Crippen LogP contribution is -2.49. The van der Waals surface area contributed by atoms with Crippen LogP contribution >= 0.6 is 0 Å². The summed E-state index contributed by atoms with van der Waals surface area (Å²) in [6.07, 6.45) is 6.24. The lowest BCUT2D eigenvalue weighted by atomic mass is 10.0. The van der Waals surface area contributed by atoms with Gasteiger partial charge in [0.1, 0.15) is 0 Å². The molecule has 19 heavy (non-hydrogen) atoms. The van der Waals surface area contributed by atoms with E-state index in [9.17, 15) is 4.79 Å². The summed E-state index contributed by atoms with van der Waals surface area (Å²) >= 11 is 0. The van der Waals surface area contributed by atoms with Crippen LogP contribution in [0.2, 0.25) is 0 Å². The number of nitrogens with zero attached hydrogens (tertiary/aromatic N) is 2. The Kier molecular flexibility index (Phi) is 5.22. The number of amides is 1. The molecule has 2 aliphatic rings. The fourth-order valence-corrected chi connectivity index (χ4v) is 2.77. The van der Waals surface area contributed by atoms with E-state index in [2.05, 4.69) is 24.1 Å². The molecule has 1 saturated carbocycles. The molecule has 2 fully saturated rings. The molecule has 0 aromatic carbocycles. The average molecular weight is 267 g/mol. The van der Waals surface area contributed by atoms with Crippen LogP contribution in [0.5, 0.6) is 0 Å². The molecule has 1 unspecified atom stereocenters. The van der Waals surface area contributed by atoms with E-state index in [0.717, 1.165) is 13.1 Å². The van der Waals surface area contributed by atoms with Crippen LogP contribution in [-0.4, -0.2) is 60.5 Å². The van der Waals surface area contributed by atoms with Crippen molar-refractivity contribution in [2.24, 2.45) is 0 Å². The first-order valence-electron chi connectivity index (χ1n) is 7.81. The number of rotatable bonds is 6. The molecule has 0 bridgehead atoms. The van der Waals surface area contributed by atoms with Crippen molar-refractivity contribution in [3.63, 3.8) is 0 Å². The molecule has 1 saturated heterocycles. The SMILES string of the molecule is CC(C)N(CC(=O)N(C)C1CC1)CC1CCCCN1. The molecule has 1 aliphatic heterocycles. The van der Waals surface area contributed by atoms with E-state index in [1.807, 2.05) is 11.9 Å². The molecule has 0 aromatic heterocycles. The Bertz CT molecular complexity index is 296. The first kappa shape index (κ1) is 14.8. The van der Waals surface area contributed by atoms with Crippen LogP contribution in [0.4, 0.5) is 0 Å². The van der Waals surface area contributed by atoms with E-state index in [4.69, 9.17) is 0 Å². The van der Waals surface area contributed by atoms with Crippen LogP contribution in [0.25, 0.3) is 0 Å². The zero-order valence-corrected chi connectivity index (χ0v) is 12.7. The first-order chi connectivity index (χ1) is 9.08. The Morgan fingerprint density at radius 3 is 2.53 bits per heavy atom. The van der Waals surface area contributed by atoms with Crippen molar-refractivity contribution in [2.45, 2.75) is 64.1 Å². The maximum Gasteiger partial charge on any atom is 0.236 e. The van der Waals surface area contributed by atoms with Crippen molar-refractivity contribution < 1.29 is 4.79 Å². The lowest BCUT2D eigenvalue weighted by Gasteiger charge is -2.33. The molecule has 1 aliphatic carbocycles. The van der Waals surface area contributed by atoms with Gasteiger partial charge in [-0.1, -0.05) is 6.42 Å². The topological polar surface area (TPSA) is 35.6 Å². The second-order valence-electron chi connectivity index (χ2n) is 6.41. The fraction of sp³-hybridized carbons (Fsp3) is 0.933. The van der Waals surface area contributed by atoms with Gasteiger partial charge in [-0.2, -0.15) is 0 Å². The molecule has 0 radical (unpaired) electrons. The predicted molar refractivity (Wildman–Crippen MR) is 78.1 cm³/mol. The molecule has 110 valence electrons. The third-order valence-corrected chi connectivity index (χ3v) is 4.42. The zero-order chi connectivity index (χ0) is 13.8. The highest BCUT2D eigenvalue weighted by Crippen LogP contribution is 2.25.